The minimum absolute atomic E-state index is 0.0118. The topological polar surface area (TPSA) is 59.9 Å². The van der Waals surface area contributed by atoms with Gasteiger partial charge in [0.2, 0.25) is 0 Å². The first kappa shape index (κ1) is 20.9. The number of aliphatic imine (C=N–C) groups is 1. The SMILES string of the molecule is CN=C(NCc1ccc(F)c(CN(C)C)c1)NCC(CO)c1ccccc1. The fourth-order valence-corrected chi connectivity index (χ4v) is 2.84. The number of aliphatic hydroxyl groups excluding tert-OH is 1. The van der Waals surface area contributed by atoms with Gasteiger partial charge in [-0.25, -0.2) is 4.39 Å². The van der Waals surface area contributed by atoms with E-state index in [1.807, 2.05) is 55.4 Å². The predicted octanol–water partition coefficient (Wildman–Crippen LogP) is 2.33. The molecule has 0 amide bonds. The number of hydrogen-bond acceptors (Lipinski definition) is 3. The van der Waals surface area contributed by atoms with Gasteiger partial charge in [-0.15, -0.1) is 0 Å². The van der Waals surface area contributed by atoms with E-state index in [0.717, 1.165) is 11.1 Å². The van der Waals surface area contributed by atoms with Gasteiger partial charge in [0.15, 0.2) is 5.96 Å². The number of benzene rings is 2. The van der Waals surface area contributed by atoms with Crippen LogP contribution >= 0.6 is 0 Å². The number of halogens is 1. The van der Waals surface area contributed by atoms with Crippen LogP contribution in [-0.2, 0) is 13.1 Å². The molecule has 0 spiro atoms. The number of rotatable bonds is 8. The Kier molecular flexibility index (Phi) is 8.23. The van der Waals surface area contributed by atoms with Crippen LogP contribution < -0.4 is 10.6 Å². The van der Waals surface area contributed by atoms with Crippen LogP contribution in [0.1, 0.15) is 22.6 Å². The van der Waals surface area contributed by atoms with Gasteiger partial charge >= 0.3 is 0 Å². The predicted molar refractivity (Wildman–Crippen MR) is 108 cm³/mol. The fraction of sp³-hybridized carbons (Fsp3) is 0.381. The average molecular weight is 372 g/mol. The molecule has 0 aliphatic heterocycles. The van der Waals surface area contributed by atoms with Crippen LogP contribution in [0.3, 0.4) is 0 Å². The third-order valence-corrected chi connectivity index (χ3v) is 4.29. The molecule has 5 nitrogen and oxygen atoms in total. The first-order valence-electron chi connectivity index (χ1n) is 9.05. The lowest BCUT2D eigenvalue weighted by Gasteiger charge is -2.18. The fourth-order valence-electron chi connectivity index (χ4n) is 2.84. The molecule has 2 aromatic rings. The number of hydrogen-bond donors (Lipinski definition) is 3. The largest absolute Gasteiger partial charge is 0.396 e. The molecule has 0 aliphatic rings. The van der Waals surface area contributed by atoms with Crippen LogP contribution in [0, 0.1) is 5.82 Å². The lowest BCUT2D eigenvalue weighted by Crippen LogP contribution is -2.39. The van der Waals surface area contributed by atoms with Gasteiger partial charge in [-0.1, -0.05) is 36.4 Å². The van der Waals surface area contributed by atoms with E-state index in [1.54, 1.807) is 13.1 Å². The van der Waals surface area contributed by atoms with E-state index in [2.05, 4.69) is 15.6 Å². The summed E-state index contributed by atoms with van der Waals surface area (Å²) in [7, 11) is 5.54. The maximum atomic E-state index is 13.9. The second kappa shape index (κ2) is 10.6. The van der Waals surface area contributed by atoms with E-state index in [0.29, 0.717) is 31.2 Å². The zero-order valence-electron chi connectivity index (χ0n) is 16.2. The Balaban J connectivity index is 1.92. The molecule has 0 saturated carbocycles. The summed E-state index contributed by atoms with van der Waals surface area (Å²) in [6.07, 6.45) is 0. The molecule has 2 rings (SSSR count). The molecule has 0 aliphatic carbocycles. The highest BCUT2D eigenvalue weighted by atomic mass is 19.1. The standard InChI is InChI=1S/C21H29FN4O/c1-23-21(25-13-19(15-27)17-7-5-4-6-8-17)24-12-16-9-10-20(22)18(11-16)14-26(2)3/h4-11,19,27H,12-15H2,1-3H3,(H2,23,24,25). The Labute approximate surface area is 160 Å². The lowest BCUT2D eigenvalue weighted by atomic mass is 10.0. The molecule has 0 bridgehead atoms. The molecule has 1 unspecified atom stereocenters. The minimum atomic E-state index is -0.191. The first-order valence-corrected chi connectivity index (χ1v) is 9.05. The molecule has 0 heterocycles. The van der Waals surface area contributed by atoms with Gasteiger partial charge in [0.1, 0.15) is 5.82 Å². The molecular weight excluding hydrogens is 343 g/mol. The highest BCUT2D eigenvalue weighted by molar-refractivity contribution is 5.79. The molecule has 3 N–H and O–H groups in total. The van der Waals surface area contributed by atoms with E-state index < -0.39 is 0 Å². The van der Waals surface area contributed by atoms with Crippen LogP contribution in [-0.4, -0.2) is 50.3 Å². The number of nitrogens with one attached hydrogen (secondary N) is 2. The van der Waals surface area contributed by atoms with Crippen LogP contribution in [0.25, 0.3) is 0 Å². The second-order valence-electron chi connectivity index (χ2n) is 6.76. The van der Waals surface area contributed by atoms with Gasteiger partial charge < -0.3 is 20.6 Å². The quantitative estimate of drug-likeness (QED) is 0.492. The molecule has 0 saturated heterocycles. The summed E-state index contributed by atoms with van der Waals surface area (Å²) in [6, 6.07) is 15.0. The summed E-state index contributed by atoms with van der Waals surface area (Å²) in [6.45, 7) is 1.72. The summed E-state index contributed by atoms with van der Waals surface area (Å²) < 4.78 is 13.9. The molecule has 146 valence electrons. The molecule has 2 aromatic carbocycles. The first-order chi connectivity index (χ1) is 13.0. The Hall–Kier alpha value is -2.44. The zero-order chi connectivity index (χ0) is 19.6. The van der Waals surface area contributed by atoms with Crippen molar-refractivity contribution in [3.05, 3.63) is 71.0 Å². The van der Waals surface area contributed by atoms with E-state index in [1.165, 1.54) is 6.07 Å². The molecule has 0 radical (unpaired) electrons. The van der Waals surface area contributed by atoms with Crippen molar-refractivity contribution in [2.75, 3.05) is 34.3 Å². The maximum Gasteiger partial charge on any atom is 0.191 e. The van der Waals surface area contributed by atoms with E-state index in [-0.39, 0.29) is 18.3 Å². The highest BCUT2D eigenvalue weighted by Gasteiger charge is 2.11. The molecule has 27 heavy (non-hydrogen) atoms. The third-order valence-electron chi connectivity index (χ3n) is 4.29. The Bertz CT molecular complexity index is 734. The monoisotopic (exact) mass is 372 g/mol. The van der Waals surface area contributed by atoms with E-state index in [9.17, 15) is 9.50 Å². The van der Waals surface area contributed by atoms with E-state index >= 15 is 0 Å². The van der Waals surface area contributed by atoms with Crippen molar-refractivity contribution in [3.63, 3.8) is 0 Å². The van der Waals surface area contributed by atoms with Crippen LogP contribution in [0.4, 0.5) is 4.39 Å². The highest BCUT2D eigenvalue weighted by Crippen LogP contribution is 2.14. The number of aliphatic hydroxyl groups is 1. The van der Waals surface area contributed by atoms with Crippen molar-refractivity contribution >= 4 is 5.96 Å². The summed E-state index contributed by atoms with van der Waals surface area (Å²) in [5, 5.41) is 16.1. The number of nitrogens with zero attached hydrogens (tertiary/aromatic N) is 2. The second-order valence-corrected chi connectivity index (χ2v) is 6.76. The van der Waals surface area contributed by atoms with Crippen molar-refractivity contribution in [2.24, 2.45) is 4.99 Å². The maximum absolute atomic E-state index is 13.9. The summed E-state index contributed by atoms with van der Waals surface area (Å²) >= 11 is 0. The van der Waals surface area contributed by atoms with Gasteiger partial charge in [0.25, 0.3) is 0 Å². The van der Waals surface area contributed by atoms with Crippen LogP contribution in [0.5, 0.6) is 0 Å². The van der Waals surface area contributed by atoms with E-state index in [4.69, 9.17) is 0 Å². The van der Waals surface area contributed by atoms with Gasteiger partial charge in [-0.2, -0.15) is 0 Å². The third kappa shape index (κ3) is 6.66. The summed E-state index contributed by atoms with van der Waals surface area (Å²) in [5.41, 5.74) is 2.74. The Morgan fingerprint density at radius 2 is 1.89 bits per heavy atom. The molecule has 0 fully saturated rings. The smallest absolute Gasteiger partial charge is 0.191 e. The Morgan fingerprint density at radius 1 is 1.15 bits per heavy atom. The van der Waals surface area contributed by atoms with Crippen molar-refractivity contribution < 1.29 is 9.50 Å². The van der Waals surface area contributed by atoms with Crippen molar-refractivity contribution in [3.8, 4) is 0 Å². The van der Waals surface area contributed by atoms with Gasteiger partial charge in [0, 0.05) is 38.2 Å². The van der Waals surface area contributed by atoms with Gasteiger partial charge in [-0.3, -0.25) is 4.99 Å². The average Bonchev–Trinajstić information content (AvgIpc) is 2.67. The van der Waals surface area contributed by atoms with Gasteiger partial charge in [0.05, 0.1) is 6.61 Å². The van der Waals surface area contributed by atoms with Crippen molar-refractivity contribution in [1.82, 2.24) is 15.5 Å². The normalized spacial score (nSPS) is 12.9. The van der Waals surface area contributed by atoms with Gasteiger partial charge in [-0.05, 0) is 37.4 Å². The number of guanidine groups is 1. The van der Waals surface area contributed by atoms with Crippen molar-refractivity contribution in [2.45, 2.75) is 19.0 Å². The molecule has 0 aromatic heterocycles. The minimum Gasteiger partial charge on any atom is -0.396 e. The van der Waals surface area contributed by atoms with Crippen LogP contribution in [0.2, 0.25) is 0 Å². The van der Waals surface area contributed by atoms with Crippen LogP contribution in [0.15, 0.2) is 53.5 Å². The Morgan fingerprint density at radius 3 is 2.52 bits per heavy atom. The van der Waals surface area contributed by atoms with Crippen molar-refractivity contribution in [1.29, 1.82) is 0 Å². The molecular formula is C21H29FN4O. The zero-order valence-corrected chi connectivity index (χ0v) is 16.2. The molecule has 6 heteroatoms. The molecule has 1 atom stereocenters. The summed E-state index contributed by atoms with van der Waals surface area (Å²) in [4.78, 5) is 6.16. The lowest BCUT2D eigenvalue weighted by molar-refractivity contribution is 0.265. The summed E-state index contributed by atoms with van der Waals surface area (Å²) in [5.74, 6) is 0.439.